The average Bonchev–Trinajstić information content (AvgIpc) is 2.69. The molecule has 1 aromatic heterocycles. The Labute approximate surface area is 172 Å². The largest absolute Gasteiger partial charge is 0.369 e. The van der Waals surface area contributed by atoms with E-state index < -0.39 is 0 Å². The van der Waals surface area contributed by atoms with E-state index in [-0.39, 0.29) is 0 Å². The number of hydrogen-bond donors (Lipinski definition) is 2. The van der Waals surface area contributed by atoms with Gasteiger partial charge in [0.05, 0.1) is 0 Å². The summed E-state index contributed by atoms with van der Waals surface area (Å²) in [6.07, 6.45) is 1.76. The van der Waals surface area contributed by atoms with Crippen molar-refractivity contribution >= 4 is 28.8 Å². The zero-order valence-corrected chi connectivity index (χ0v) is 17.3. The van der Waals surface area contributed by atoms with E-state index in [9.17, 15) is 0 Å². The highest BCUT2D eigenvalue weighted by molar-refractivity contribution is 5.62. The van der Waals surface area contributed by atoms with Crippen molar-refractivity contribution in [2.24, 2.45) is 0 Å². The number of rotatable bonds is 5. The Balaban J connectivity index is 1.42. The molecule has 2 N–H and O–H groups in total. The second kappa shape index (κ2) is 8.49. The van der Waals surface area contributed by atoms with Gasteiger partial charge in [0.1, 0.15) is 5.82 Å². The van der Waals surface area contributed by atoms with E-state index in [0.717, 1.165) is 43.4 Å². The molecule has 0 unspecified atom stereocenters. The average molecular weight is 389 g/mol. The van der Waals surface area contributed by atoms with Gasteiger partial charge in [-0.3, -0.25) is 0 Å². The van der Waals surface area contributed by atoms with Crippen LogP contribution in [0.25, 0.3) is 0 Å². The van der Waals surface area contributed by atoms with Crippen molar-refractivity contribution in [3.8, 4) is 0 Å². The minimum absolute atomic E-state index is 0.576. The first kappa shape index (κ1) is 19.2. The van der Waals surface area contributed by atoms with Gasteiger partial charge in [-0.1, -0.05) is 6.07 Å². The molecule has 1 aliphatic heterocycles. The number of aromatic nitrogens is 2. The predicted octanol–water partition coefficient (Wildman–Crippen LogP) is 4.33. The number of aryl methyl sites for hydroxylation is 2. The third kappa shape index (κ3) is 5.03. The fourth-order valence-electron chi connectivity index (χ4n) is 3.63. The highest BCUT2D eigenvalue weighted by Crippen LogP contribution is 2.22. The minimum atomic E-state index is 0.576. The molecule has 0 radical (unpaired) electrons. The van der Waals surface area contributed by atoms with Crippen molar-refractivity contribution in [1.82, 2.24) is 14.9 Å². The Bertz CT molecular complexity index is 941. The molecule has 0 aliphatic carbocycles. The number of nitrogens with zero attached hydrogens (tertiary/aromatic N) is 4. The number of hydrogen-bond acceptors (Lipinski definition) is 6. The fraction of sp³-hybridized carbons (Fsp3) is 0.304. The van der Waals surface area contributed by atoms with Gasteiger partial charge in [0, 0.05) is 49.4 Å². The Hall–Kier alpha value is -3.12. The lowest BCUT2D eigenvalue weighted by molar-refractivity contribution is 0.313. The normalized spacial score (nSPS) is 14.7. The first-order valence-corrected chi connectivity index (χ1v) is 10.0. The predicted molar refractivity (Wildman–Crippen MR) is 121 cm³/mol. The van der Waals surface area contributed by atoms with E-state index >= 15 is 0 Å². The maximum Gasteiger partial charge on any atom is 0.229 e. The van der Waals surface area contributed by atoms with E-state index in [1.54, 1.807) is 6.20 Å². The molecule has 1 aliphatic rings. The molecule has 1 saturated heterocycles. The molecule has 6 heteroatoms. The quantitative estimate of drug-likeness (QED) is 0.678. The standard InChI is InChI=1S/C23H28N6/c1-17-14-18(2)16-20(15-17)25-22-8-9-24-23(27-22)26-19-4-6-21(7-5-19)29-12-10-28(3)11-13-29/h4-9,14-16H,10-13H2,1-3H3,(H2,24,25,26,27). The van der Waals surface area contributed by atoms with Crippen LogP contribution in [0.4, 0.5) is 28.8 Å². The van der Waals surface area contributed by atoms with Crippen molar-refractivity contribution in [2.45, 2.75) is 13.8 Å². The molecule has 0 bridgehead atoms. The molecule has 3 aromatic rings. The lowest BCUT2D eigenvalue weighted by Gasteiger charge is -2.34. The molecule has 0 atom stereocenters. The van der Waals surface area contributed by atoms with Gasteiger partial charge in [-0.05, 0) is 74.5 Å². The SMILES string of the molecule is Cc1cc(C)cc(Nc2ccnc(Nc3ccc(N4CCN(C)CC4)cc3)n2)c1. The van der Waals surface area contributed by atoms with Crippen LogP contribution in [0.15, 0.2) is 54.7 Å². The highest BCUT2D eigenvalue weighted by atomic mass is 15.2. The smallest absolute Gasteiger partial charge is 0.229 e. The summed E-state index contributed by atoms with van der Waals surface area (Å²) in [5, 5.41) is 6.67. The summed E-state index contributed by atoms with van der Waals surface area (Å²) in [6, 6.07) is 16.7. The molecule has 1 fully saturated rings. The lowest BCUT2D eigenvalue weighted by atomic mass is 10.1. The molecule has 2 heterocycles. The van der Waals surface area contributed by atoms with Crippen LogP contribution in [0.2, 0.25) is 0 Å². The number of piperazine rings is 1. The zero-order valence-electron chi connectivity index (χ0n) is 17.3. The minimum Gasteiger partial charge on any atom is -0.369 e. The van der Waals surface area contributed by atoms with Gasteiger partial charge in [0.15, 0.2) is 0 Å². The maximum absolute atomic E-state index is 4.59. The van der Waals surface area contributed by atoms with Crippen molar-refractivity contribution in [3.63, 3.8) is 0 Å². The molecular formula is C23H28N6. The first-order chi connectivity index (χ1) is 14.0. The summed E-state index contributed by atoms with van der Waals surface area (Å²) in [4.78, 5) is 13.7. The van der Waals surface area contributed by atoms with E-state index in [2.05, 4.69) is 93.8 Å². The molecule has 0 spiro atoms. The van der Waals surface area contributed by atoms with Crippen LogP contribution in [-0.4, -0.2) is 48.1 Å². The first-order valence-electron chi connectivity index (χ1n) is 10.0. The zero-order chi connectivity index (χ0) is 20.2. The molecule has 6 nitrogen and oxygen atoms in total. The lowest BCUT2D eigenvalue weighted by Crippen LogP contribution is -2.44. The topological polar surface area (TPSA) is 56.3 Å². The van der Waals surface area contributed by atoms with Crippen LogP contribution in [0, 0.1) is 13.8 Å². The van der Waals surface area contributed by atoms with Crippen LogP contribution in [-0.2, 0) is 0 Å². The van der Waals surface area contributed by atoms with Gasteiger partial charge in [-0.25, -0.2) is 4.98 Å². The van der Waals surface area contributed by atoms with Gasteiger partial charge in [-0.15, -0.1) is 0 Å². The Morgan fingerprint density at radius 2 is 1.48 bits per heavy atom. The van der Waals surface area contributed by atoms with Crippen LogP contribution in [0.3, 0.4) is 0 Å². The maximum atomic E-state index is 4.59. The Morgan fingerprint density at radius 1 is 0.793 bits per heavy atom. The van der Waals surface area contributed by atoms with Crippen molar-refractivity contribution in [2.75, 3.05) is 48.8 Å². The van der Waals surface area contributed by atoms with Gasteiger partial charge >= 0.3 is 0 Å². The molecule has 4 rings (SSSR count). The van der Waals surface area contributed by atoms with Crippen LogP contribution < -0.4 is 15.5 Å². The van der Waals surface area contributed by atoms with Gasteiger partial charge in [0.25, 0.3) is 0 Å². The van der Waals surface area contributed by atoms with Crippen LogP contribution in [0.1, 0.15) is 11.1 Å². The van der Waals surface area contributed by atoms with Crippen molar-refractivity contribution < 1.29 is 0 Å². The van der Waals surface area contributed by atoms with Gasteiger partial charge < -0.3 is 20.4 Å². The Kier molecular flexibility index (Phi) is 5.62. The van der Waals surface area contributed by atoms with E-state index in [4.69, 9.17) is 0 Å². The summed E-state index contributed by atoms with van der Waals surface area (Å²) >= 11 is 0. The molecule has 2 aromatic carbocycles. The summed E-state index contributed by atoms with van der Waals surface area (Å²) in [6.45, 7) is 8.53. The van der Waals surface area contributed by atoms with Gasteiger partial charge in [0.2, 0.25) is 5.95 Å². The summed E-state index contributed by atoms with van der Waals surface area (Å²) in [7, 11) is 2.17. The summed E-state index contributed by atoms with van der Waals surface area (Å²) in [5.41, 5.74) is 5.71. The second-order valence-corrected chi connectivity index (χ2v) is 7.73. The monoisotopic (exact) mass is 388 g/mol. The molecule has 150 valence electrons. The van der Waals surface area contributed by atoms with E-state index in [0.29, 0.717) is 5.95 Å². The number of benzene rings is 2. The third-order valence-electron chi connectivity index (χ3n) is 5.14. The van der Waals surface area contributed by atoms with Crippen LogP contribution in [0.5, 0.6) is 0 Å². The second-order valence-electron chi connectivity index (χ2n) is 7.73. The summed E-state index contributed by atoms with van der Waals surface area (Å²) < 4.78 is 0. The van der Waals surface area contributed by atoms with Crippen molar-refractivity contribution in [1.29, 1.82) is 0 Å². The fourth-order valence-corrected chi connectivity index (χ4v) is 3.63. The highest BCUT2D eigenvalue weighted by Gasteiger charge is 2.14. The summed E-state index contributed by atoms with van der Waals surface area (Å²) in [5.74, 6) is 1.34. The van der Waals surface area contributed by atoms with E-state index in [1.165, 1.54) is 16.8 Å². The van der Waals surface area contributed by atoms with E-state index in [1.807, 2.05) is 6.07 Å². The third-order valence-corrected chi connectivity index (χ3v) is 5.14. The van der Waals surface area contributed by atoms with Crippen LogP contribution >= 0.6 is 0 Å². The molecule has 0 saturated carbocycles. The molecule has 29 heavy (non-hydrogen) atoms. The molecule has 0 amide bonds. The number of likely N-dealkylation sites (N-methyl/N-ethyl adjacent to an activating group) is 1. The van der Waals surface area contributed by atoms with Gasteiger partial charge in [-0.2, -0.15) is 4.98 Å². The van der Waals surface area contributed by atoms with Crippen molar-refractivity contribution in [3.05, 3.63) is 65.9 Å². The Morgan fingerprint density at radius 3 is 2.17 bits per heavy atom. The number of anilines is 5. The molecular weight excluding hydrogens is 360 g/mol. The number of nitrogens with one attached hydrogen (secondary N) is 2.